The first-order chi connectivity index (χ1) is 13.4. The standard InChI is InChI=1S/C20H22N2O5S/c1-27-20(24)18(15-6-3-2-4-7-15)14-28(25,26)21-16-9-11-17(12-10-16)22-13-5-8-19(22)23/h2-4,6-7,9-12,18,21H,5,8,13-14H2,1H3/t18-/m0/s1. The van der Waals surface area contributed by atoms with Gasteiger partial charge in [-0.25, -0.2) is 8.42 Å². The van der Waals surface area contributed by atoms with Gasteiger partial charge in [-0.1, -0.05) is 30.3 Å². The number of carbonyl (C=O) groups is 2. The van der Waals surface area contributed by atoms with Crippen molar-refractivity contribution in [1.29, 1.82) is 0 Å². The smallest absolute Gasteiger partial charge is 0.314 e. The molecule has 8 heteroatoms. The number of nitrogens with one attached hydrogen (secondary N) is 1. The van der Waals surface area contributed by atoms with Crippen molar-refractivity contribution in [2.75, 3.05) is 29.0 Å². The minimum absolute atomic E-state index is 0.0668. The maximum Gasteiger partial charge on any atom is 0.314 e. The second kappa shape index (κ2) is 8.43. The number of carbonyl (C=O) groups excluding carboxylic acids is 2. The number of rotatable bonds is 7. The van der Waals surface area contributed by atoms with Gasteiger partial charge in [0.15, 0.2) is 0 Å². The summed E-state index contributed by atoms with van der Waals surface area (Å²) in [6.45, 7) is 0.668. The number of hydrogen-bond acceptors (Lipinski definition) is 5. The van der Waals surface area contributed by atoms with Crippen molar-refractivity contribution in [1.82, 2.24) is 0 Å². The van der Waals surface area contributed by atoms with Crippen LogP contribution in [0.1, 0.15) is 24.3 Å². The molecule has 0 spiro atoms. The van der Waals surface area contributed by atoms with Crippen molar-refractivity contribution in [3.63, 3.8) is 0 Å². The number of methoxy groups -OCH3 is 1. The molecule has 2 aromatic carbocycles. The molecule has 1 atom stereocenters. The van der Waals surface area contributed by atoms with Gasteiger partial charge in [0.2, 0.25) is 15.9 Å². The first kappa shape index (κ1) is 19.9. The quantitative estimate of drug-likeness (QED) is 0.719. The summed E-state index contributed by atoms with van der Waals surface area (Å²) < 4.78 is 32.5. The predicted molar refractivity (Wildman–Crippen MR) is 107 cm³/mol. The highest BCUT2D eigenvalue weighted by Crippen LogP contribution is 2.25. The lowest BCUT2D eigenvalue weighted by Gasteiger charge is -2.18. The maximum atomic E-state index is 12.6. The first-order valence-corrected chi connectivity index (χ1v) is 10.6. The zero-order valence-corrected chi connectivity index (χ0v) is 16.3. The van der Waals surface area contributed by atoms with Crippen LogP contribution in [0.2, 0.25) is 0 Å². The Bertz CT molecular complexity index is 942. The van der Waals surface area contributed by atoms with E-state index < -0.39 is 27.7 Å². The fraction of sp³-hybridized carbons (Fsp3) is 0.300. The molecule has 0 saturated carbocycles. The van der Waals surface area contributed by atoms with Crippen LogP contribution in [0.15, 0.2) is 54.6 Å². The third-order valence-electron chi connectivity index (χ3n) is 4.60. The van der Waals surface area contributed by atoms with Gasteiger partial charge in [0.1, 0.15) is 0 Å². The molecular formula is C20H22N2O5S. The van der Waals surface area contributed by atoms with Gasteiger partial charge in [-0.3, -0.25) is 14.3 Å². The van der Waals surface area contributed by atoms with Crippen molar-refractivity contribution in [3.05, 3.63) is 60.2 Å². The molecule has 1 amide bonds. The Kier molecular flexibility index (Phi) is 5.99. The number of anilines is 2. The highest BCUT2D eigenvalue weighted by atomic mass is 32.2. The largest absolute Gasteiger partial charge is 0.469 e. The number of esters is 1. The molecule has 1 N–H and O–H groups in total. The Hall–Kier alpha value is -2.87. The molecule has 2 aromatic rings. The van der Waals surface area contributed by atoms with Crippen LogP contribution in [0.3, 0.4) is 0 Å². The molecule has 0 radical (unpaired) electrons. The Labute approximate surface area is 164 Å². The average Bonchev–Trinajstić information content (AvgIpc) is 3.12. The topological polar surface area (TPSA) is 92.8 Å². The van der Waals surface area contributed by atoms with Crippen LogP contribution in [0.25, 0.3) is 0 Å². The van der Waals surface area contributed by atoms with E-state index in [2.05, 4.69) is 4.72 Å². The Morgan fingerprint density at radius 2 is 1.82 bits per heavy atom. The minimum Gasteiger partial charge on any atom is -0.469 e. The molecule has 7 nitrogen and oxygen atoms in total. The van der Waals surface area contributed by atoms with Crippen LogP contribution in [0.4, 0.5) is 11.4 Å². The lowest BCUT2D eigenvalue weighted by atomic mass is 10.0. The van der Waals surface area contributed by atoms with E-state index in [4.69, 9.17) is 4.74 Å². The van der Waals surface area contributed by atoms with E-state index in [0.717, 1.165) is 12.1 Å². The molecule has 1 saturated heterocycles. The van der Waals surface area contributed by atoms with E-state index in [-0.39, 0.29) is 5.91 Å². The molecule has 0 unspecified atom stereocenters. The van der Waals surface area contributed by atoms with E-state index >= 15 is 0 Å². The summed E-state index contributed by atoms with van der Waals surface area (Å²) in [4.78, 5) is 25.6. The van der Waals surface area contributed by atoms with Crippen LogP contribution in [0.5, 0.6) is 0 Å². The molecule has 1 aliphatic rings. The molecule has 28 heavy (non-hydrogen) atoms. The molecule has 0 aromatic heterocycles. The van der Waals surface area contributed by atoms with Gasteiger partial charge in [-0.2, -0.15) is 0 Å². The highest BCUT2D eigenvalue weighted by Gasteiger charge is 2.28. The monoisotopic (exact) mass is 402 g/mol. The fourth-order valence-electron chi connectivity index (χ4n) is 3.20. The number of sulfonamides is 1. The summed E-state index contributed by atoms with van der Waals surface area (Å²) in [5.41, 5.74) is 1.68. The predicted octanol–water partition coefficient (Wildman–Crippen LogP) is 2.51. The van der Waals surface area contributed by atoms with Crippen molar-refractivity contribution >= 4 is 33.3 Å². The van der Waals surface area contributed by atoms with E-state index in [1.807, 2.05) is 0 Å². The number of benzene rings is 2. The molecule has 0 aliphatic carbocycles. The van der Waals surface area contributed by atoms with E-state index in [9.17, 15) is 18.0 Å². The molecule has 1 aliphatic heterocycles. The third kappa shape index (κ3) is 4.69. The molecule has 148 valence electrons. The van der Waals surface area contributed by atoms with Gasteiger partial charge in [0.05, 0.1) is 18.8 Å². The van der Waals surface area contributed by atoms with Crippen LogP contribution < -0.4 is 9.62 Å². The summed E-state index contributed by atoms with van der Waals surface area (Å²) in [5, 5.41) is 0. The van der Waals surface area contributed by atoms with Crippen molar-refractivity contribution < 1.29 is 22.7 Å². The molecule has 0 bridgehead atoms. The second-order valence-corrected chi connectivity index (χ2v) is 8.33. The van der Waals surface area contributed by atoms with E-state index in [0.29, 0.717) is 24.2 Å². The van der Waals surface area contributed by atoms with Crippen molar-refractivity contribution in [3.8, 4) is 0 Å². The number of ether oxygens (including phenoxy) is 1. The molecule has 1 heterocycles. The zero-order valence-electron chi connectivity index (χ0n) is 15.5. The molecule has 3 rings (SSSR count). The molecule has 1 fully saturated rings. The van der Waals surface area contributed by atoms with Crippen LogP contribution in [0, 0.1) is 0 Å². The van der Waals surface area contributed by atoms with Gasteiger partial charge in [0.25, 0.3) is 0 Å². The Balaban J connectivity index is 1.73. The SMILES string of the molecule is COC(=O)[C@@H](CS(=O)(=O)Nc1ccc(N2CCCC2=O)cc1)c1ccccc1. The van der Waals surface area contributed by atoms with Crippen LogP contribution in [-0.4, -0.2) is 39.7 Å². The highest BCUT2D eigenvalue weighted by molar-refractivity contribution is 7.92. The van der Waals surface area contributed by atoms with E-state index in [1.54, 1.807) is 59.5 Å². The van der Waals surface area contributed by atoms with Crippen LogP contribution >= 0.6 is 0 Å². The number of nitrogens with zero attached hydrogens (tertiary/aromatic N) is 1. The normalized spacial score (nSPS) is 15.3. The van der Waals surface area contributed by atoms with Crippen molar-refractivity contribution in [2.45, 2.75) is 18.8 Å². The number of amides is 1. The van der Waals surface area contributed by atoms with Gasteiger partial charge < -0.3 is 9.64 Å². The zero-order chi connectivity index (χ0) is 20.1. The van der Waals surface area contributed by atoms with Gasteiger partial charge >= 0.3 is 5.97 Å². The summed E-state index contributed by atoms with van der Waals surface area (Å²) in [5.74, 6) is -1.91. The summed E-state index contributed by atoms with van der Waals surface area (Å²) >= 11 is 0. The van der Waals surface area contributed by atoms with Gasteiger partial charge in [-0.15, -0.1) is 0 Å². The third-order valence-corrected chi connectivity index (χ3v) is 5.92. The van der Waals surface area contributed by atoms with Gasteiger partial charge in [0, 0.05) is 24.3 Å². The van der Waals surface area contributed by atoms with Crippen molar-refractivity contribution in [2.24, 2.45) is 0 Å². The Morgan fingerprint density at radius 1 is 1.14 bits per heavy atom. The van der Waals surface area contributed by atoms with E-state index in [1.165, 1.54) is 7.11 Å². The summed E-state index contributed by atoms with van der Waals surface area (Å²) in [6, 6.07) is 15.3. The maximum absolute atomic E-state index is 12.6. The van der Waals surface area contributed by atoms with Gasteiger partial charge in [-0.05, 0) is 36.2 Å². The lowest BCUT2D eigenvalue weighted by molar-refractivity contribution is -0.141. The second-order valence-electron chi connectivity index (χ2n) is 6.57. The molecular weight excluding hydrogens is 380 g/mol. The fourth-order valence-corrected chi connectivity index (χ4v) is 4.55. The lowest BCUT2D eigenvalue weighted by Crippen LogP contribution is -2.27. The van der Waals surface area contributed by atoms with Crippen LogP contribution in [-0.2, 0) is 24.3 Å². The first-order valence-electron chi connectivity index (χ1n) is 8.93. The number of hydrogen-bond donors (Lipinski definition) is 1. The average molecular weight is 402 g/mol. The minimum atomic E-state index is -3.81. The summed E-state index contributed by atoms with van der Waals surface area (Å²) in [6.07, 6.45) is 1.35. The summed E-state index contributed by atoms with van der Waals surface area (Å²) in [7, 11) is -2.58. The Morgan fingerprint density at radius 3 is 2.39 bits per heavy atom.